The van der Waals surface area contributed by atoms with Crippen LogP contribution in [0.1, 0.15) is 56.9 Å². The minimum Gasteiger partial charge on any atom is -0.494 e. The van der Waals surface area contributed by atoms with Gasteiger partial charge in [-0.2, -0.15) is 0 Å². The highest BCUT2D eigenvalue weighted by Crippen LogP contribution is 2.37. The summed E-state index contributed by atoms with van der Waals surface area (Å²) in [6, 6.07) is 8.59. The average molecular weight is 387 g/mol. The molecule has 5 nitrogen and oxygen atoms in total. The molecule has 1 aromatic rings. The number of hydrogen-bond acceptors (Lipinski definition) is 4. The van der Waals surface area contributed by atoms with E-state index >= 15 is 0 Å². The number of nitrogens with zero attached hydrogens (tertiary/aromatic N) is 1. The maximum Gasteiger partial charge on any atom is 0.231 e. The normalized spacial score (nSPS) is 22.6. The Morgan fingerprint density at radius 3 is 2.46 bits per heavy atom. The Kier molecular flexibility index (Phi) is 6.53. The second kappa shape index (κ2) is 9.27. The van der Waals surface area contributed by atoms with Gasteiger partial charge in [-0.1, -0.05) is 12.1 Å². The van der Waals surface area contributed by atoms with E-state index in [9.17, 15) is 4.79 Å². The van der Waals surface area contributed by atoms with Crippen molar-refractivity contribution in [3.63, 3.8) is 0 Å². The van der Waals surface area contributed by atoms with Gasteiger partial charge < -0.3 is 19.7 Å². The van der Waals surface area contributed by atoms with E-state index in [-0.39, 0.29) is 5.91 Å². The smallest absolute Gasteiger partial charge is 0.231 e. The quantitative estimate of drug-likeness (QED) is 0.697. The molecule has 1 amide bonds. The standard InChI is InChI=1S/C23H34N2O3/c26-22(24-20-5-3-6-20)23(11-17-27-18-12-23)19-7-9-21(10-8-19)28-16-4-15-25-13-1-2-14-25/h7-10,20H,1-6,11-18H2,(H,24,26). The van der Waals surface area contributed by atoms with Gasteiger partial charge in [0.1, 0.15) is 5.75 Å². The molecule has 0 atom stereocenters. The van der Waals surface area contributed by atoms with Crippen LogP contribution in [0.25, 0.3) is 0 Å². The van der Waals surface area contributed by atoms with Crippen LogP contribution in [0, 0.1) is 0 Å². The number of hydrogen-bond donors (Lipinski definition) is 1. The Bertz CT molecular complexity index is 630. The fourth-order valence-corrected chi connectivity index (χ4v) is 4.60. The fourth-order valence-electron chi connectivity index (χ4n) is 4.60. The van der Waals surface area contributed by atoms with E-state index in [1.807, 2.05) is 12.1 Å². The maximum atomic E-state index is 13.1. The monoisotopic (exact) mass is 386 g/mol. The topological polar surface area (TPSA) is 50.8 Å². The van der Waals surface area contributed by atoms with E-state index in [1.165, 1.54) is 32.4 Å². The van der Waals surface area contributed by atoms with Crippen molar-refractivity contribution in [2.45, 2.75) is 62.8 Å². The number of benzene rings is 1. The summed E-state index contributed by atoms with van der Waals surface area (Å²) < 4.78 is 11.5. The van der Waals surface area contributed by atoms with Gasteiger partial charge in [-0.3, -0.25) is 4.79 Å². The van der Waals surface area contributed by atoms with Gasteiger partial charge in [0.25, 0.3) is 0 Å². The van der Waals surface area contributed by atoms with Crippen LogP contribution in [0.2, 0.25) is 0 Å². The first kappa shape index (κ1) is 19.7. The van der Waals surface area contributed by atoms with Crippen molar-refractivity contribution in [1.82, 2.24) is 10.2 Å². The van der Waals surface area contributed by atoms with Crippen LogP contribution in [0.3, 0.4) is 0 Å². The molecular formula is C23H34N2O3. The molecule has 2 heterocycles. The van der Waals surface area contributed by atoms with Crippen molar-refractivity contribution in [3.05, 3.63) is 29.8 Å². The van der Waals surface area contributed by atoms with E-state index < -0.39 is 5.41 Å². The van der Waals surface area contributed by atoms with Crippen LogP contribution in [-0.4, -0.2) is 56.3 Å². The zero-order valence-corrected chi connectivity index (χ0v) is 17.0. The summed E-state index contributed by atoms with van der Waals surface area (Å²) in [5.41, 5.74) is 0.638. The van der Waals surface area contributed by atoms with Crippen LogP contribution < -0.4 is 10.1 Å². The number of nitrogens with one attached hydrogen (secondary N) is 1. The van der Waals surface area contributed by atoms with Gasteiger partial charge in [0, 0.05) is 25.8 Å². The molecule has 3 aliphatic rings. The number of ether oxygens (including phenoxy) is 2. The van der Waals surface area contributed by atoms with E-state index in [4.69, 9.17) is 9.47 Å². The first-order valence-corrected chi connectivity index (χ1v) is 11.1. The molecule has 1 N–H and O–H groups in total. The molecule has 0 bridgehead atoms. The molecule has 4 rings (SSSR count). The van der Waals surface area contributed by atoms with Crippen LogP contribution in [0.15, 0.2) is 24.3 Å². The third-order valence-corrected chi connectivity index (χ3v) is 6.71. The second-order valence-corrected chi connectivity index (χ2v) is 8.57. The Labute approximate surface area is 168 Å². The summed E-state index contributed by atoms with van der Waals surface area (Å²) in [6.45, 7) is 5.64. The molecule has 2 saturated heterocycles. The Morgan fingerprint density at radius 2 is 1.82 bits per heavy atom. The van der Waals surface area contributed by atoms with Crippen molar-refractivity contribution in [3.8, 4) is 5.75 Å². The van der Waals surface area contributed by atoms with E-state index in [0.717, 1.165) is 56.6 Å². The molecule has 0 radical (unpaired) electrons. The van der Waals surface area contributed by atoms with Crippen molar-refractivity contribution < 1.29 is 14.3 Å². The van der Waals surface area contributed by atoms with Crippen molar-refractivity contribution in [1.29, 1.82) is 0 Å². The van der Waals surface area contributed by atoms with Crippen LogP contribution in [0.4, 0.5) is 0 Å². The van der Waals surface area contributed by atoms with Crippen LogP contribution in [-0.2, 0) is 14.9 Å². The highest BCUT2D eigenvalue weighted by atomic mass is 16.5. The number of rotatable bonds is 8. The van der Waals surface area contributed by atoms with Crippen molar-refractivity contribution in [2.24, 2.45) is 0 Å². The number of carbonyl (C=O) groups excluding carboxylic acids is 1. The number of amides is 1. The number of carbonyl (C=O) groups is 1. The fraction of sp³-hybridized carbons (Fsp3) is 0.696. The summed E-state index contributed by atoms with van der Waals surface area (Å²) in [4.78, 5) is 15.7. The minimum absolute atomic E-state index is 0.180. The molecule has 154 valence electrons. The van der Waals surface area contributed by atoms with Gasteiger partial charge in [0.05, 0.1) is 12.0 Å². The zero-order valence-electron chi connectivity index (χ0n) is 17.0. The molecular weight excluding hydrogens is 352 g/mol. The van der Waals surface area contributed by atoms with Crippen molar-refractivity contribution in [2.75, 3.05) is 39.5 Å². The third kappa shape index (κ3) is 4.52. The van der Waals surface area contributed by atoms with Crippen LogP contribution >= 0.6 is 0 Å². The first-order valence-electron chi connectivity index (χ1n) is 11.1. The van der Waals surface area contributed by atoms with Gasteiger partial charge >= 0.3 is 0 Å². The molecule has 2 aliphatic heterocycles. The lowest BCUT2D eigenvalue weighted by Crippen LogP contribution is -2.52. The Hall–Kier alpha value is -1.59. The molecule has 28 heavy (non-hydrogen) atoms. The number of likely N-dealkylation sites (tertiary alicyclic amines) is 1. The van der Waals surface area contributed by atoms with E-state index in [2.05, 4.69) is 22.3 Å². The first-order chi connectivity index (χ1) is 13.8. The van der Waals surface area contributed by atoms with E-state index in [1.54, 1.807) is 0 Å². The lowest BCUT2D eigenvalue weighted by atomic mass is 9.73. The highest BCUT2D eigenvalue weighted by molar-refractivity contribution is 5.88. The lowest BCUT2D eigenvalue weighted by Gasteiger charge is -2.39. The summed E-state index contributed by atoms with van der Waals surface area (Å²) in [6.07, 6.45) is 8.69. The summed E-state index contributed by atoms with van der Waals surface area (Å²) in [7, 11) is 0. The predicted molar refractivity (Wildman–Crippen MR) is 110 cm³/mol. The van der Waals surface area contributed by atoms with Gasteiger partial charge in [-0.05, 0) is 82.2 Å². The Balaban J connectivity index is 1.34. The van der Waals surface area contributed by atoms with Gasteiger partial charge in [0.15, 0.2) is 0 Å². The lowest BCUT2D eigenvalue weighted by molar-refractivity contribution is -0.131. The molecule has 3 fully saturated rings. The summed E-state index contributed by atoms with van der Waals surface area (Å²) in [5, 5.41) is 3.28. The second-order valence-electron chi connectivity index (χ2n) is 8.57. The zero-order chi connectivity index (χ0) is 19.2. The van der Waals surface area contributed by atoms with Gasteiger partial charge in [-0.15, -0.1) is 0 Å². The molecule has 1 aromatic carbocycles. The maximum absolute atomic E-state index is 13.1. The molecule has 1 saturated carbocycles. The molecule has 0 aromatic heterocycles. The largest absolute Gasteiger partial charge is 0.494 e. The van der Waals surface area contributed by atoms with Gasteiger partial charge in [0.2, 0.25) is 5.91 Å². The molecule has 1 aliphatic carbocycles. The van der Waals surface area contributed by atoms with E-state index in [0.29, 0.717) is 19.3 Å². The molecule has 0 unspecified atom stereocenters. The van der Waals surface area contributed by atoms with Crippen LogP contribution in [0.5, 0.6) is 5.75 Å². The minimum atomic E-state index is -0.456. The summed E-state index contributed by atoms with van der Waals surface area (Å²) >= 11 is 0. The molecule has 5 heteroatoms. The van der Waals surface area contributed by atoms with Gasteiger partial charge in [-0.25, -0.2) is 0 Å². The Morgan fingerprint density at radius 1 is 1.11 bits per heavy atom. The highest BCUT2D eigenvalue weighted by Gasteiger charge is 2.42. The average Bonchev–Trinajstić information content (AvgIpc) is 3.22. The van der Waals surface area contributed by atoms with Crippen molar-refractivity contribution >= 4 is 5.91 Å². The predicted octanol–water partition coefficient (Wildman–Crippen LogP) is 3.27. The summed E-state index contributed by atoms with van der Waals surface area (Å²) in [5.74, 6) is 1.08. The molecule has 0 spiro atoms. The third-order valence-electron chi connectivity index (χ3n) is 6.71. The SMILES string of the molecule is O=C(NC1CCC1)C1(c2ccc(OCCCN3CCCC3)cc2)CCOCC1.